The Morgan fingerprint density at radius 3 is 2.05 bits per heavy atom. The highest BCUT2D eigenvalue weighted by atomic mass is 28.4. The van der Waals surface area contributed by atoms with Gasteiger partial charge in [0.1, 0.15) is 0 Å². The van der Waals surface area contributed by atoms with Gasteiger partial charge in [0.2, 0.25) is 0 Å². The van der Waals surface area contributed by atoms with Crippen LogP contribution in [0.3, 0.4) is 0 Å². The highest BCUT2D eigenvalue weighted by Gasteiger charge is 2.29. The predicted octanol–water partition coefficient (Wildman–Crippen LogP) is 6.00. The first-order valence-electron chi connectivity index (χ1n) is 8.43. The van der Waals surface area contributed by atoms with E-state index in [4.69, 9.17) is 4.43 Å². The van der Waals surface area contributed by atoms with Crippen molar-refractivity contribution in [1.29, 1.82) is 0 Å². The van der Waals surface area contributed by atoms with Crippen molar-refractivity contribution in [3.05, 3.63) is 11.3 Å². The minimum absolute atomic E-state index is 0.481. The Morgan fingerprint density at radius 1 is 1.05 bits per heavy atom. The van der Waals surface area contributed by atoms with Gasteiger partial charge < -0.3 is 4.43 Å². The maximum absolute atomic E-state index is 6.58. The summed E-state index contributed by atoms with van der Waals surface area (Å²) in [6, 6.07) is 0. The van der Waals surface area contributed by atoms with Crippen molar-refractivity contribution in [2.45, 2.75) is 90.8 Å². The molecule has 3 heteroatoms. The van der Waals surface area contributed by atoms with Crippen LogP contribution in [-0.4, -0.2) is 22.5 Å². The molecule has 118 valence electrons. The predicted molar refractivity (Wildman–Crippen MR) is 96.5 cm³/mol. The molecule has 0 aromatic heterocycles. The molecule has 0 saturated heterocycles. The normalized spacial score (nSPS) is 21.1. The van der Waals surface area contributed by atoms with Crippen LogP contribution in [0, 0.1) is 5.92 Å². The first-order chi connectivity index (χ1) is 9.07. The Bertz CT molecular complexity index is 317. The summed E-state index contributed by atoms with van der Waals surface area (Å²) in [5, 5.41) is 0. The first-order valence-corrected chi connectivity index (χ1v) is 15.4. The smallest absolute Gasteiger partial charge is 0.184 e. The van der Waals surface area contributed by atoms with E-state index in [9.17, 15) is 0 Å². The standard InChI is InChI=1S/C17H36OSi2/c1-15(14-19(2,3)4)13-17(18-20(5,6)7)16-11-9-8-10-12-16/h14,16-17H,8-13H2,1-7H3/b15-14-. The van der Waals surface area contributed by atoms with Gasteiger partial charge in [-0.3, -0.25) is 0 Å². The third-order valence-corrected chi connectivity index (χ3v) is 6.25. The van der Waals surface area contributed by atoms with E-state index in [1.165, 1.54) is 38.5 Å². The number of hydrogen-bond donors (Lipinski definition) is 0. The fourth-order valence-corrected chi connectivity index (χ4v) is 6.16. The summed E-state index contributed by atoms with van der Waals surface area (Å²) in [6.07, 6.45) is 8.67. The molecule has 1 fully saturated rings. The number of hydrogen-bond acceptors (Lipinski definition) is 1. The van der Waals surface area contributed by atoms with Crippen molar-refractivity contribution in [2.75, 3.05) is 0 Å². The fourth-order valence-electron chi connectivity index (χ4n) is 3.38. The molecule has 1 rings (SSSR count). The highest BCUT2D eigenvalue weighted by molar-refractivity contribution is 6.81. The molecule has 0 aromatic carbocycles. The molecular weight excluding hydrogens is 276 g/mol. The van der Waals surface area contributed by atoms with E-state index in [0.29, 0.717) is 6.10 Å². The van der Waals surface area contributed by atoms with Gasteiger partial charge >= 0.3 is 0 Å². The molecule has 1 aliphatic rings. The lowest BCUT2D eigenvalue weighted by molar-refractivity contribution is 0.101. The van der Waals surface area contributed by atoms with Crippen molar-refractivity contribution in [3.63, 3.8) is 0 Å². The molecule has 1 atom stereocenters. The second-order valence-corrected chi connectivity index (χ2v) is 18.2. The molecule has 0 spiro atoms. The van der Waals surface area contributed by atoms with Crippen LogP contribution in [-0.2, 0) is 4.43 Å². The van der Waals surface area contributed by atoms with Crippen LogP contribution < -0.4 is 0 Å². The summed E-state index contributed by atoms with van der Waals surface area (Å²) in [4.78, 5) is 0. The molecule has 0 radical (unpaired) electrons. The zero-order valence-corrected chi connectivity index (χ0v) is 16.9. The van der Waals surface area contributed by atoms with Crippen LogP contribution in [0.25, 0.3) is 0 Å². The Balaban J connectivity index is 2.74. The van der Waals surface area contributed by atoms with Gasteiger partial charge in [0.05, 0.1) is 14.2 Å². The Kier molecular flexibility index (Phi) is 6.74. The summed E-state index contributed by atoms with van der Waals surface area (Å²) < 4.78 is 6.58. The van der Waals surface area contributed by atoms with E-state index in [0.717, 1.165) is 5.92 Å². The van der Waals surface area contributed by atoms with Gasteiger partial charge in [0.25, 0.3) is 0 Å². The van der Waals surface area contributed by atoms with Gasteiger partial charge in [0.15, 0.2) is 8.32 Å². The summed E-state index contributed by atoms with van der Waals surface area (Å²) in [5.74, 6) is 0.806. The van der Waals surface area contributed by atoms with Gasteiger partial charge in [-0.05, 0) is 51.7 Å². The van der Waals surface area contributed by atoms with E-state index >= 15 is 0 Å². The molecule has 0 N–H and O–H groups in total. The van der Waals surface area contributed by atoms with Crippen molar-refractivity contribution in [1.82, 2.24) is 0 Å². The molecule has 1 aliphatic carbocycles. The lowest BCUT2D eigenvalue weighted by atomic mass is 9.83. The SMILES string of the molecule is C/C(=C/[Si](C)(C)C)CC(O[Si](C)(C)C)C1CCCCC1. The van der Waals surface area contributed by atoms with Crippen LogP contribution in [0.2, 0.25) is 39.3 Å². The molecule has 0 heterocycles. The second kappa shape index (κ2) is 7.41. The van der Waals surface area contributed by atoms with Gasteiger partial charge in [-0.1, -0.05) is 50.2 Å². The van der Waals surface area contributed by atoms with Crippen molar-refractivity contribution < 1.29 is 4.43 Å². The van der Waals surface area contributed by atoms with E-state index in [1.807, 2.05) is 0 Å². The van der Waals surface area contributed by atoms with Gasteiger partial charge in [-0.25, -0.2) is 0 Å². The van der Waals surface area contributed by atoms with E-state index in [2.05, 4.69) is 51.9 Å². The lowest BCUT2D eigenvalue weighted by Crippen LogP contribution is -2.37. The Morgan fingerprint density at radius 2 is 1.60 bits per heavy atom. The summed E-state index contributed by atoms with van der Waals surface area (Å²) >= 11 is 0. The topological polar surface area (TPSA) is 9.23 Å². The van der Waals surface area contributed by atoms with Crippen molar-refractivity contribution in [3.8, 4) is 0 Å². The Labute approximate surface area is 129 Å². The van der Waals surface area contributed by atoms with Gasteiger partial charge in [0, 0.05) is 0 Å². The molecule has 1 saturated carbocycles. The van der Waals surface area contributed by atoms with Crippen LogP contribution in [0.15, 0.2) is 11.3 Å². The summed E-state index contributed by atoms with van der Waals surface area (Å²) in [6.45, 7) is 16.6. The van der Waals surface area contributed by atoms with Crippen LogP contribution in [0.1, 0.15) is 45.4 Å². The monoisotopic (exact) mass is 312 g/mol. The summed E-state index contributed by atoms with van der Waals surface area (Å²) in [5.41, 5.74) is 4.13. The molecular formula is C17H36OSi2. The van der Waals surface area contributed by atoms with E-state index < -0.39 is 16.4 Å². The molecule has 1 unspecified atom stereocenters. The van der Waals surface area contributed by atoms with Crippen LogP contribution in [0.4, 0.5) is 0 Å². The highest BCUT2D eigenvalue weighted by Crippen LogP contribution is 2.32. The molecule has 0 aliphatic heterocycles. The minimum atomic E-state index is -1.45. The maximum atomic E-state index is 6.58. The number of rotatable bonds is 6. The first kappa shape index (κ1) is 18.2. The third kappa shape index (κ3) is 7.79. The van der Waals surface area contributed by atoms with Gasteiger partial charge in [-0.2, -0.15) is 0 Å². The quantitative estimate of drug-likeness (QED) is 0.546. The fraction of sp³-hybridized carbons (Fsp3) is 0.882. The zero-order valence-electron chi connectivity index (χ0n) is 14.9. The van der Waals surface area contributed by atoms with Crippen molar-refractivity contribution >= 4 is 16.4 Å². The molecule has 1 nitrogen and oxygen atoms in total. The van der Waals surface area contributed by atoms with E-state index in [-0.39, 0.29) is 0 Å². The van der Waals surface area contributed by atoms with Gasteiger partial charge in [-0.15, -0.1) is 0 Å². The summed E-state index contributed by atoms with van der Waals surface area (Å²) in [7, 11) is -2.55. The molecule has 20 heavy (non-hydrogen) atoms. The Hall–Kier alpha value is 0.134. The maximum Gasteiger partial charge on any atom is 0.184 e. The zero-order chi connectivity index (χ0) is 15.4. The van der Waals surface area contributed by atoms with Crippen LogP contribution in [0.5, 0.6) is 0 Å². The minimum Gasteiger partial charge on any atom is -0.414 e. The average molecular weight is 313 g/mol. The van der Waals surface area contributed by atoms with E-state index in [1.54, 1.807) is 5.57 Å². The molecule has 0 aromatic rings. The lowest BCUT2D eigenvalue weighted by Gasteiger charge is -2.35. The molecule has 0 bridgehead atoms. The molecule has 0 amide bonds. The second-order valence-electron chi connectivity index (χ2n) is 8.73. The van der Waals surface area contributed by atoms with Crippen LogP contribution >= 0.6 is 0 Å². The van der Waals surface area contributed by atoms with Crippen molar-refractivity contribution in [2.24, 2.45) is 5.92 Å². The third-order valence-electron chi connectivity index (χ3n) is 3.88. The largest absolute Gasteiger partial charge is 0.414 e. The average Bonchev–Trinajstić information content (AvgIpc) is 2.25.